The van der Waals surface area contributed by atoms with E-state index in [0.29, 0.717) is 17.0 Å². The number of likely N-dealkylation sites (N-methyl/N-ethyl adjacent to an activating group) is 1. The van der Waals surface area contributed by atoms with E-state index in [9.17, 15) is 10.1 Å². The Balaban J connectivity index is 1.74. The van der Waals surface area contributed by atoms with Crippen LogP contribution in [0.1, 0.15) is 31.9 Å². The van der Waals surface area contributed by atoms with Gasteiger partial charge in [-0.1, -0.05) is 42.5 Å². The third kappa shape index (κ3) is 2.94. The van der Waals surface area contributed by atoms with Crippen LogP contribution in [0, 0.1) is 11.3 Å². The molecule has 170 valence electrons. The molecule has 0 bridgehead atoms. The van der Waals surface area contributed by atoms with E-state index in [1.54, 1.807) is 6.92 Å². The molecule has 0 N–H and O–H groups in total. The molecule has 2 heterocycles. The normalized spacial score (nSPS) is 20.0. The molecular formula is C28H25N3O3. The predicted octanol–water partition coefficient (Wildman–Crippen LogP) is 5.53. The highest BCUT2D eigenvalue weighted by Crippen LogP contribution is 2.55. The van der Waals surface area contributed by atoms with E-state index in [1.165, 1.54) is 6.08 Å². The van der Waals surface area contributed by atoms with Gasteiger partial charge in [-0.15, -0.1) is 0 Å². The number of para-hydroxylation sites is 1. The van der Waals surface area contributed by atoms with Crippen LogP contribution in [0.3, 0.4) is 0 Å². The maximum Gasteiger partial charge on any atom is 0.348 e. The lowest BCUT2D eigenvalue weighted by Crippen LogP contribution is -2.61. The van der Waals surface area contributed by atoms with E-state index >= 15 is 0 Å². The molecule has 1 unspecified atom stereocenters. The number of fused-ring (bicyclic) bond motifs is 4. The van der Waals surface area contributed by atoms with Crippen molar-refractivity contribution in [3.05, 3.63) is 71.3 Å². The van der Waals surface area contributed by atoms with Gasteiger partial charge in [-0.2, -0.15) is 5.26 Å². The van der Waals surface area contributed by atoms with Crippen LogP contribution in [0.4, 0.5) is 11.4 Å². The average molecular weight is 452 g/mol. The van der Waals surface area contributed by atoms with Gasteiger partial charge in [-0.05, 0) is 49.9 Å². The fourth-order valence-corrected chi connectivity index (χ4v) is 5.04. The molecule has 3 aromatic rings. The summed E-state index contributed by atoms with van der Waals surface area (Å²) >= 11 is 0. The van der Waals surface area contributed by atoms with Gasteiger partial charge in [0.15, 0.2) is 5.75 Å². The number of hydrogen-bond acceptors (Lipinski definition) is 6. The summed E-state index contributed by atoms with van der Waals surface area (Å²) < 4.78 is 12.0. The summed E-state index contributed by atoms with van der Waals surface area (Å²) in [6, 6.07) is 20.0. The van der Waals surface area contributed by atoms with Gasteiger partial charge in [0.05, 0.1) is 18.2 Å². The van der Waals surface area contributed by atoms with Crippen molar-refractivity contribution in [1.29, 1.82) is 5.26 Å². The monoisotopic (exact) mass is 451 g/mol. The van der Waals surface area contributed by atoms with Crippen LogP contribution in [-0.4, -0.2) is 31.6 Å². The maximum absolute atomic E-state index is 12.4. The molecule has 0 amide bonds. The van der Waals surface area contributed by atoms with Crippen molar-refractivity contribution in [2.45, 2.75) is 31.9 Å². The van der Waals surface area contributed by atoms with E-state index < -0.39 is 17.1 Å². The fraction of sp³-hybridized carbons (Fsp3) is 0.250. The number of carbonyl (C=O) groups is 1. The minimum absolute atomic E-state index is 0.0890. The minimum atomic E-state index is -0.883. The Morgan fingerprint density at radius 3 is 2.68 bits per heavy atom. The highest BCUT2D eigenvalue weighted by atomic mass is 16.5. The van der Waals surface area contributed by atoms with Crippen molar-refractivity contribution in [3.8, 4) is 11.8 Å². The molecule has 0 aromatic heterocycles. The second-order valence-electron chi connectivity index (χ2n) is 9.01. The van der Waals surface area contributed by atoms with Gasteiger partial charge in [0.1, 0.15) is 17.3 Å². The van der Waals surface area contributed by atoms with Crippen LogP contribution >= 0.6 is 0 Å². The van der Waals surface area contributed by atoms with Crippen LogP contribution in [0.25, 0.3) is 16.8 Å². The molecule has 6 heteroatoms. The molecule has 2 aliphatic rings. The minimum Gasteiger partial charge on any atom is -0.462 e. The number of benzene rings is 3. The average Bonchev–Trinajstić information content (AvgIpc) is 3.01. The van der Waals surface area contributed by atoms with Crippen LogP contribution in [0.5, 0.6) is 5.75 Å². The zero-order chi connectivity index (χ0) is 24.1. The number of ether oxygens (including phenoxy) is 2. The summed E-state index contributed by atoms with van der Waals surface area (Å²) in [4.78, 5) is 19.4. The smallest absolute Gasteiger partial charge is 0.348 e. The molecule has 2 aliphatic heterocycles. The van der Waals surface area contributed by atoms with E-state index in [-0.39, 0.29) is 12.2 Å². The van der Waals surface area contributed by atoms with Gasteiger partial charge in [0.2, 0.25) is 5.72 Å². The highest BCUT2D eigenvalue weighted by molar-refractivity contribution is 6.04. The standard InChI is InChI=1S/C28H25N3O3/c1-5-33-26(32)20(16-29)15-19-14-18-10-6-7-11-21(18)24-25(19)34-28(17-30-24)27(2,3)22-12-8-9-13-23(22)31(28)4/h6-15,17H,5H2,1-4H3. The van der Waals surface area contributed by atoms with Crippen LogP contribution in [0.15, 0.2) is 65.2 Å². The van der Waals surface area contributed by atoms with Gasteiger partial charge in [0.25, 0.3) is 0 Å². The fourth-order valence-electron chi connectivity index (χ4n) is 5.04. The van der Waals surface area contributed by atoms with Crippen molar-refractivity contribution in [2.75, 3.05) is 18.6 Å². The van der Waals surface area contributed by atoms with Crippen molar-refractivity contribution in [2.24, 2.45) is 4.99 Å². The van der Waals surface area contributed by atoms with Crippen molar-refractivity contribution in [3.63, 3.8) is 0 Å². The summed E-state index contributed by atoms with van der Waals surface area (Å²) in [5.41, 5.74) is 2.12. The molecule has 0 saturated carbocycles. The first-order chi connectivity index (χ1) is 16.3. The van der Waals surface area contributed by atoms with E-state index in [4.69, 9.17) is 14.5 Å². The lowest BCUT2D eigenvalue weighted by Gasteiger charge is -2.45. The second-order valence-corrected chi connectivity index (χ2v) is 9.01. The number of esters is 1. The second kappa shape index (κ2) is 7.74. The first-order valence-electron chi connectivity index (χ1n) is 11.3. The molecule has 0 fully saturated rings. The Labute approximate surface area is 198 Å². The summed E-state index contributed by atoms with van der Waals surface area (Å²) in [7, 11) is 2.00. The van der Waals surface area contributed by atoms with Gasteiger partial charge in [-0.25, -0.2) is 4.79 Å². The number of nitrogens with zero attached hydrogens (tertiary/aromatic N) is 3. The van der Waals surface area contributed by atoms with Gasteiger partial charge >= 0.3 is 5.97 Å². The van der Waals surface area contributed by atoms with E-state index in [0.717, 1.165) is 22.0 Å². The predicted molar refractivity (Wildman–Crippen MR) is 134 cm³/mol. The van der Waals surface area contributed by atoms with Crippen molar-refractivity contribution < 1.29 is 14.3 Å². The Bertz CT molecular complexity index is 1430. The summed E-state index contributed by atoms with van der Waals surface area (Å²) in [6.45, 7) is 6.18. The molecular weight excluding hydrogens is 426 g/mol. The third-order valence-corrected chi connectivity index (χ3v) is 6.88. The molecule has 5 rings (SSSR count). The molecule has 3 aromatic carbocycles. The molecule has 34 heavy (non-hydrogen) atoms. The van der Waals surface area contributed by atoms with Crippen LogP contribution < -0.4 is 9.64 Å². The zero-order valence-electron chi connectivity index (χ0n) is 19.6. The summed E-state index contributed by atoms with van der Waals surface area (Å²) in [5, 5.41) is 11.5. The molecule has 6 nitrogen and oxygen atoms in total. The van der Waals surface area contributed by atoms with E-state index in [1.807, 2.05) is 61.8 Å². The number of aliphatic imine (C=N–C) groups is 1. The maximum atomic E-state index is 12.4. The molecule has 1 atom stereocenters. The first kappa shape index (κ1) is 21.7. The van der Waals surface area contributed by atoms with Gasteiger partial charge in [0, 0.05) is 23.7 Å². The number of carbonyl (C=O) groups excluding carboxylic acids is 1. The Hall–Kier alpha value is -4.11. The Morgan fingerprint density at radius 2 is 1.94 bits per heavy atom. The SMILES string of the molecule is CCOC(=O)C(C#N)=Cc1cc2ccccc2c2c1OC1(C=N2)N(C)c2ccccc2C1(C)C. The van der Waals surface area contributed by atoms with Gasteiger partial charge in [-0.3, -0.25) is 4.99 Å². The number of rotatable bonds is 3. The topological polar surface area (TPSA) is 74.9 Å². The Morgan fingerprint density at radius 1 is 1.21 bits per heavy atom. The lowest BCUT2D eigenvalue weighted by molar-refractivity contribution is -0.137. The Kier molecular flexibility index (Phi) is 4.94. The number of hydrogen-bond donors (Lipinski definition) is 0. The van der Waals surface area contributed by atoms with Crippen LogP contribution in [0.2, 0.25) is 0 Å². The quantitative estimate of drug-likeness (QED) is 0.297. The largest absolute Gasteiger partial charge is 0.462 e. The summed E-state index contributed by atoms with van der Waals surface area (Å²) in [5.74, 6) is -0.127. The zero-order valence-corrected chi connectivity index (χ0v) is 19.6. The first-order valence-corrected chi connectivity index (χ1v) is 11.3. The lowest BCUT2D eigenvalue weighted by atomic mass is 9.77. The number of nitriles is 1. The van der Waals surface area contributed by atoms with Crippen molar-refractivity contribution >= 4 is 40.4 Å². The molecule has 1 spiro atoms. The molecule has 0 aliphatic carbocycles. The molecule has 0 saturated heterocycles. The highest BCUT2D eigenvalue weighted by Gasteiger charge is 2.58. The third-order valence-electron chi connectivity index (χ3n) is 6.88. The molecule has 0 radical (unpaired) electrons. The van der Waals surface area contributed by atoms with E-state index in [2.05, 4.69) is 30.9 Å². The van der Waals surface area contributed by atoms with Gasteiger partial charge < -0.3 is 14.4 Å². The van der Waals surface area contributed by atoms with Crippen molar-refractivity contribution in [1.82, 2.24) is 0 Å². The summed E-state index contributed by atoms with van der Waals surface area (Å²) in [6.07, 6.45) is 3.42. The van der Waals surface area contributed by atoms with Crippen LogP contribution in [-0.2, 0) is 14.9 Å². The number of anilines is 1.